The van der Waals surface area contributed by atoms with E-state index >= 15 is 0 Å². The number of carbonyl (C=O) groups excluding carboxylic acids is 1. The third kappa shape index (κ3) is 72.1. The lowest BCUT2D eigenvalue weighted by molar-refractivity contribution is -0.870. The van der Waals surface area contributed by atoms with Crippen molar-refractivity contribution in [2.75, 3.05) is 40.9 Å². The van der Waals surface area contributed by atoms with Gasteiger partial charge in [0.2, 0.25) is 5.91 Å². The Morgan fingerprint density at radius 1 is 0.389 bits per heavy atom. The second kappa shape index (κ2) is 70.0. The molecule has 0 radical (unpaired) electrons. The van der Waals surface area contributed by atoms with Gasteiger partial charge in [-0.15, -0.1) is 0 Å². The van der Waals surface area contributed by atoms with E-state index in [1.165, 1.54) is 199 Å². The highest BCUT2D eigenvalue weighted by molar-refractivity contribution is 7.47. The summed E-state index contributed by atoms with van der Waals surface area (Å²) in [6.07, 6.45) is 106. The number of unbranched alkanes of at least 4 members (excludes halogenated alkanes) is 35. The number of carbonyl (C=O) groups is 1. The fourth-order valence-corrected chi connectivity index (χ4v) is 11.3. The lowest BCUT2D eigenvalue weighted by Gasteiger charge is -2.25. The van der Waals surface area contributed by atoms with Crippen LogP contribution in [0, 0.1) is 0 Å². The Labute approximate surface area is 557 Å². The Balaban J connectivity index is 4.14. The Morgan fingerprint density at radius 2 is 0.678 bits per heavy atom. The molecule has 3 N–H and O–H groups in total. The number of aliphatic hydroxyl groups excluding tert-OH is 1. The zero-order valence-electron chi connectivity index (χ0n) is 59.3. The molecule has 3 atom stereocenters. The molecule has 9 heteroatoms. The summed E-state index contributed by atoms with van der Waals surface area (Å²) in [6, 6.07) is -0.878. The second-order valence-electron chi connectivity index (χ2n) is 26.3. The molecule has 3 unspecified atom stereocenters. The SMILES string of the molecule is CC/C=C\C/C=C\C/C=C\C/C=C\C/C=C\C/C=C\C/C=C\C/C=C\C/C=C\CCCCCCCCCCCC(=O)NC(COP(=O)(O)OCC[N+](C)(C)C)C(O)/C=C/CC/C=C/CCCCCCCCCCCCCCCCCCCCCCCCCCC. The number of hydrogen-bond donors (Lipinski definition) is 3. The van der Waals surface area contributed by atoms with Crippen molar-refractivity contribution in [3.05, 3.63) is 134 Å². The first-order chi connectivity index (χ1) is 44.0. The average molecular weight is 1270 g/mol. The maximum Gasteiger partial charge on any atom is 0.472 e. The molecule has 0 aromatic heterocycles. The number of aliphatic hydroxyl groups is 1. The molecule has 90 heavy (non-hydrogen) atoms. The zero-order valence-corrected chi connectivity index (χ0v) is 60.2. The topological polar surface area (TPSA) is 105 Å². The van der Waals surface area contributed by atoms with Crippen LogP contribution in [0.3, 0.4) is 0 Å². The molecule has 0 aromatic rings. The predicted octanol–water partition coefficient (Wildman–Crippen LogP) is 24.6. The van der Waals surface area contributed by atoms with Crippen LogP contribution >= 0.6 is 7.82 Å². The van der Waals surface area contributed by atoms with E-state index in [9.17, 15) is 19.4 Å². The summed E-state index contributed by atoms with van der Waals surface area (Å²) in [5, 5.41) is 14.0. The Morgan fingerprint density at radius 3 is 1.02 bits per heavy atom. The van der Waals surface area contributed by atoms with E-state index in [1.807, 2.05) is 27.2 Å². The van der Waals surface area contributed by atoms with Crippen LogP contribution < -0.4 is 5.32 Å². The number of phosphoric ester groups is 1. The standard InChI is InChI=1S/C81H143N2O6P/c1-6-8-10-12-14-16-18-20-22-24-26-28-30-32-34-36-38-39-40-41-42-43-45-47-49-51-53-55-57-59-61-63-65-67-69-71-73-75-81(85)82-79(78-89-90(86,87)88-77-76-83(3,4)5)80(84)74-72-70-68-66-64-62-60-58-56-54-52-50-48-46-44-37-35-33-31-29-27-25-23-21-19-17-15-13-11-9-7-2/h8,10,14,16,20,22,26,28,32,34,38-39,41-42,45,47,51,53,64,66,72,74,79-80,84H,6-7,9,11-13,15,17-19,21,23-25,27,29-31,33,35-37,40,43-44,46,48-50,52,54-63,65,67-71,73,75-78H2,1-5H3,(H-,82,85,86,87)/p+1/b10-8-,16-14-,22-20-,28-26-,34-32-,39-38-,42-41-,47-45-,53-51-,66-64+,74-72+. The fraction of sp³-hybridized carbons (Fsp3) is 0.716. The second-order valence-corrected chi connectivity index (χ2v) is 27.7. The predicted molar refractivity (Wildman–Crippen MR) is 396 cm³/mol. The maximum absolute atomic E-state index is 13.1. The molecule has 0 rings (SSSR count). The van der Waals surface area contributed by atoms with Gasteiger partial charge in [-0.3, -0.25) is 13.8 Å². The van der Waals surface area contributed by atoms with E-state index in [0.717, 1.165) is 103 Å². The van der Waals surface area contributed by atoms with Gasteiger partial charge in [0.25, 0.3) is 0 Å². The number of likely N-dealkylation sites (N-methyl/N-ethyl adjacent to an activating group) is 1. The summed E-state index contributed by atoms with van der Waals surface area (Å²) in [4.78, 5) is 23.5. The minimum atomic E-state index is -4.38. The summed E-state index contributed by atoms with van der Waals surface area (Å²) in [5.74, 6) is -0.195. The molecule has 0 heterocycles. The van der Waals surface area contributed by atoms with Crippen molar-refractivity contribution in [1.82, 2.24) is 5.32 Å². The third-order valence-electron chi connectivity index (χ3n) is 16.4. The van der Waals surface area contributed by atoms with Crippen LogP contribution in [0.1, 0.15) is 322 Å². The van der Waals surface area contributed by atoms with Gasteiger partial charge in [-0.1, -0.05) is 347 Å². The van der Waals surface area contributed by atoms with Crippen molar-refractivity contribution in [2.24, 2.45) is 0 Å². The Kier molecular flexibility index (Phi) is 67.4. The number of phosphoric acid groups is 1. The largest absolute Gasteiger partial charge is 0.472 e. The molecule has 0 fully saturated rings. The van der Waals surface area contributed by atoms with Crippen molar-refractivity contribution in [1.29, 1.82) is 0 Å². The molecule has 0 saturated heterocycles. The molecule has 0 aromatic carbocycles. The monoisotopic (exact) mass is 1270 g/mol. The zero-order chi connectivity index (χ0) is 65.5. The average Bonchev–Trinajstić information content (AvgIpc) is 3.18. The van der Waals surface area contributed by atoms with E-state index in [4.69, 9.17) is 9.05 Å². The van der Waals surface area contributed by atoms with Gasteiger partial charge in [0, 0.05) is 6.42 Å². The lowest BCUT2D eigenvalue weighted by atomic mass is 10.0. The highest BCUT2D eigenvalue weighted by Crippen LogP contribution is 2.43. The van der Waals surface area contributed by atoms with Gasteiger partial charge in [0.1, 0.15) is 13.2 Å². The van der Waals surface area contributed by atoms with Crippen molar-refractivity contribution in [2.45, 2.75) is 334 Å². The maximum atomic E-state index is 13.1. The number of allylic oxidation sites excluding steroid dienone is 21. The number of quaternary nitrogens is 1. The van der Waals surface area contributed by atoms with Gasteiger partial charge in [-0.25, -0.2) is 4.57 Å². The van der Waals surface area contributed by atoms with E-state index in [0.29, 0.717) is 17.4 Å². The van der Waals surface area contributed by atoms with Crippen LogP contribution in [0.25, 0.3) is 0 Å². The highest BCUT2D eigenvalue weighted by Gasteiger charge is 2.28. The van der Waals surface area contributed by atoms with E-state index in [1.54, 1.807) is 6.08 Å². The lowest BCUT2D eigenvalue weighted by Crippen LogP contribution is -2.45. The molecule has 518 valence electrons. The summed E-state index contributed by atoms with van der Waals surface area (Å²) in [5.41, 5.74) is 0. The van der Waals surface area contributed by atoms with Crippen LogP contribution in [0.15, 0.2) is 134 Å². The fourth-order valence-electron chi connectivity index (χ4n) is 10.6. The van der Waals surface area contributed by atoms with Crippen molar-refractivity contribution < 1.29 is 32.9 Å². The van der Waals surface area contributed by atoms with Gasteiger partial charge in [-0.05, 0) is 103 Å². The molecule has 0 spiro atoms. The number of nitrogens with zero attached hydrogens (tertiary/aromatic N) is 1. The van der Waals surface area contributed by atoms with Crippen LogP contribution in [0.4, 0.5) is 0 Å². The Bertz CT molecular complexity index is 1930. The molecule has 0 aliphatic heterocycles. The summed E-state index contributed by atoms with van der Waals surface area (Å²) >= 11 is 0. The van der Waals surface area contributed by atoms with E-state index in [2.05, 4.69) is 141 Å². The molecule has 8 nitrogen and oxygen atoms in total. The van der Waals surface area contributed by atoms with Crippen LogP contribution in [-0.2, 0) is 18.4 Å². The van der Waals surface area contributed by atoms with Gasteiger partial charge in [0.05, 0.1) is 39.9 Å². The number of nitrogens with one attached hydrogen (secondary N) is 1. The molecule has 0 saturated carbocycles. The molecular formula is C81H144N2O6P+. The normalized spacial score (nSPS) is 14.3. The van der Waals surface area contributed by atoms with Crippen LogP contribution in [0.5, 0.6) is 0 Å². The first-order valence-electron chi connectivity index (χ1n) is 37.6. The quantitative estimate of drug-likeness (QED) is 0.0243. The minimum absolute atomic E-state index is 0.0490. The third-order valence-corrected chi connectivity index (χ3v) is 17.3. The van der Waals surface area contributed by atoms with Crippen LogP contribution in [0.2, 0.25) is 0 Å². The smallest absolute Gasteiger partial charge is 0.387 e. The molecule has 1 amide bonds. The Hall–Kier alpha value is -3.36. The van der Waals surface area contributed by atoms with Crippen molar-refractivity contribution >= 4 is 13.7 Å². The van der Waals surface area contributed by atoms with Crippen molar-refractivity contribution in [3.8, 4) is 0 Å². The van der Waals surface area contributed by atoms with E-state index in [-0.39, 0.29) is 19.1 Å². The number of rotatable bonds is 68. The molecule has 0 aliphatic carbocycles. The summed E-state index contributed by atoms with van der Waals surface area (Å²) in [6.45, 7) is 4.70. The molecule has 0 bridgehead atoms. The minimum Gasteiger partial charge on any atom is -0.387 e. The van der Waals surface area contributed by atoms with Gasteiger partial charge >= 0.3 is 7.82 Å². The van der Waals surface area contributed by atoms with Crippen LogP contribution in [-0.4, -0.2) is 73.4 Å². The van der Waals surface area contributed by atoms with Gasteiger partial charge in [-0.2, -0.15) is 0 Å². The molecular weight excluding hydrogens is 1130 g/mol. The summed E-state index contributed by atoms with van der Waals surface area (Å²) in [7, 11) is 1.54. The number of hydrogen-bond acceptors (Lipinski definition) is 5. The van der Waals surface area contributed by atoms with Gasteiger partial charge < -0.3 is 19.8 Å². The van der Waals surface area contributed by atoms with Crippen molar-refractivity contribution in [3.63, 3.8) is 0 Å². The number of amides is 1. The molecule has 0 aliphatic rings. The van der Waals surface area contributed by atoms with E-state index < -0.39 is 20.0 Å². The first kappa shape index (κ1) is 86.6. The van der Waals surface area contributed by atoms with Gasteiger partial charge in [0.15, 0.2) is 0 Å². The highest BCUT2D eigenvalue weighted by atomic mass is 31.2. The first-order valence-corrected chi connectivity index (χ1v) is 39.1. The summed E-state index contributed by atoms with van der Waals surface area (Å²) < 4.78 is 23.8.